The maximum Gasteiger partial charge on any atom is 0.376 e. The molecule has 0 saturated heterocycles. The molecule has 0 saturated carbocycles. The molecule has 0 aliphatic heterocycles. The number of aromatic nitrogens is 2. The topological polar surface area (TPSA) is 52.1 Å². The zero-order chi connectivity index (χ0) is 12.4. The van der Waals surface area contributed by atoms with Crippen molar-refractivity contribution in [1.82, 2.24) is 9.97 Å². The second kappa shape index (κ2) is 4.63. The molecule has 0 N–H and O–H groups in total. The Hall–Kier alpha value is -1.75. The van der Waals surface area contributed by atoms with Crippen LogP contribution < -0.4 is 0 Å². The Morgan fingerprint density at radius 3 is 2.94 bits per heavy atom. The highest BCUT2D eigenvalue weighted by atomic mass is 35.5. The molecule has 17 heavy (non-hydrogen) atoms. The molecule has 1 heterocycles. The van der Waals surface area contributed by atoms with E-state index in [-0.39, 0.29) is 23.1 Å². The minimum atomic E-state index is -0.680. The van der Waals surface area contributed by atoms with Crippen molar-refractivity contribution in [1.29, 1.82) is 0 Å². The molecule has 0 aliphatic rings. The molecule has 0 radical (unpaired) electrons. The summed E-state index contributed by atoms with van der Waals surface area (Å²) in [6, 6.07) is 3.90. The van der Waals surface area contributed by atoms with Gasteiger partial charge >= 0.3 is 5.97 Å². The lowest BCUT2D eigenvalue weighted by Gasteiger charge is -2.03. The Kier molecular flexibility index (Phi) is 3.19. The zero-order valence-corrected chi connectivity index (χ0v) is 9.66. The Labute approximate surface area is 101 Å². The van der Waals surface area contributed by atoms with Crippen LogP contribution >= 0.6 is 11.6 Å². The highest BCUT2D eigenvalue weighted by Gasteiger charge is 2.14. The zero-order valence-electron chi connectivity index (χ0n) is 8.91. The van der Waals surface area contributed by atoms with Crippen LogP contribution in [0.4, 0.5) is 4.39 Å². The van der Waals surface area contributed by atoms with Gasteiger partial charge in [-0.05, 0) is 19.1 Å². The van der Waals surface area contributed by atoms with Crippen LogP contribution in [0.3, 0.4) is 0 Å². The summed E-state index contributed by atoms with van der Waals surface area (Å²) in [5.41, 5.74) is 0.271. The van der Waals surface area contributed by atoms with Crippen LogP contribution in [0.1, 0.15) is 17.5 Å². The monoisotopic (exact) mass is 254 g/mol. The van der Waals surface area contributed by atoms with E-state index in [4.69, 9.17) is 16.3 Å². The van der Waals surface area contributed by atoms with Crippen molar-refractivity contribution in [3.8, 4) is 0 Å². The fourth-order valence-corrected chi connectivity index (χ4v) is 1.59. The number of hydrogen-bond acceptors (Lipinski definition) is 4. The van der Waals surface area contributed by atoms with E-state index in [1.54, 1.807) is 6.92 Å². The first-order chi connectivity index (χ1) is 8.11. The van der Waals surface area contributed by atoms with Crippen LogP contribution in [-0.4, -0.2) is 22.5 Å². The number of ether oxygens (including phenoxy) is 1. The van der Waals surface area contributed by atoms with Gasteiger partial charge in [-0.15, -0.1) is 0 Å². The normalized spacial score (nSPS) is 10.5. The van der Waals surface area contributed by atoms with E-state index in [0.717, 1.165) is 0 Å². The molecule has 0 spiro atoms. The van der Waals surface area contributed by atoms with Gasteiger partial charge < -0.3 is 4.74 Å². The van der Waals surface area contributed by atoms with Crippen molar-refractivity contribution in [3.63, 3.8) is 0 Å². The van der Waals surface area contributed by atoms with Crippen LogP contribution in [0.2, 0.25) is 5.15 Å². The Morgan fingerprint density at radius 2 is 2.24 bits per heavy atom. The van der Waals surface area contributed by atoms with Gasteiger partial charge in [0.1, 0.15) is 11.0 Å². The van der Waals surface area contributed by atoms with E-state index in [9.17, 15) is 9.18 Å². The third-order valence-corrected chi connectivity index (χ3v) is 2.36. The number of carbonyl (C=O) groups excluding carboxylic acids is 1. The van der Waals surface area contributed by atoms with Crippen molar-refractivity contribution >= 4 is 28.5 Å². The van der Waals surface area contributed by atoms with Crippen molar-refractivity contribution in [2.24, 2.45) is 0 Å². The van der Waals surface area contributed by atoms with Crippen molar-refractivity contribution < 1.29 is 13.9 Å². The Balaban J connectivity index is 2.57. The molecule has 2 aromatic rings. The van der Waals surface area contributed by atoms with Crippen LogP contribution in [0.5, 0.6) is 0 Å². The van der Waals surface area contributed by atoms with Crippen molar-refractivity contribution in [2.45, 2.75) is 6.92 Å². The van der Waals surface area contributed by atoms with Gasteiger partial charge in [0.2, 0.25) is 5.82 Å². The van der Waals surface area contributed by atoms with E-state index in [2.05, 4.69) is 9.97 Å². The number of esters is 1. The summed E-state index contributed by atoms with van der Waals surface area (Å²) in [4.78, 5) is 19.1. The van der Waals surface area contributed by atoms with Crippen LogP contribution in [-0.2, 0) is 4.74 Å². The van der Waals surface area contributed by atoms with E-state index in [1.165, 1.54) is 18.2 Å². The summed E-state index contributed by atoms with van der Waals surface area (Å²) in [5, 5.41) is 0.583. The molecular formula is C11H8ClFN2O2. The maximum atomic E-state index is 13.0. The SMILES string of the molecule is CCOC(=O)c1nc(Cl)c2ccc(F)cc2n1. The lowest BCUT2D eigenvalue weighted by Crippen LogP contribution is -2.10. The maximum absolute atomic E-state index is 13.0. The number of halogens is 2. The average Bonchev–Trinajstić information content (AvgIpc) is 2.28. The molecule has 2 rings (SSSR count). The van der Waals surface area contributed by atoms with E-state index in [0.29, 0.717) is 5.39 Å². The summed E-state index contributed by atoms with van der Waals surface area (Å²) in [7, 11) is 0. The molecule has 0 fully saturated rings. The quantitative estimate of drug-likeness (QED) is 0.611. The fraction of sp³-hybridized carbons (Fsp3) is 0.182. The van der Waals surface area contributed by atoms with Gasteiger partial charge in [0.15, 0.2) is 0 Å². The Bertz CT molecular complexity index is 589. The van der Waals surface area contributed by atoms with E-state index in [1.807, 2.05) is 0 Å². The summed E-state index contributed by atoms with van der Waals surface area (Å²) >= 11 is 5.88. The summed E-state index contributed by atoms with van der Waals surface area (Å²) < 4.78 is 17.8. The molecule has 0 aliphatic carbocycles. The lowest BCUT2D eigenvalue weighted by atomic mass is 10.2. The highest BCUT2D eigenvalue weighted by Crippen LogP contribution is 2.21. The third-order valence-electron chi connectivity index (χ3n) is 2.07. The smallest absolute Gasteiger partial charge is 0.376 e. The molecule has 0 bridgehead atoms. The summed E-state index contributed by atoms with van der Waals surface area (Å²) in [6.07, 6.45) is 0. The van der Waals surface area contributed by atoms with Crippen LogP contribution in [0.15, 0.2) is 18.2 Å². The van der Waals surface area contributed by atoms with Gasteiger partial charge in [0.25, 0.3) is 0 Å². The molecular weight excluding hydrogens is 247 g/mol. The number of rotatable bonds is 2. The summed E-state index contributed by atoms with van der Waals surface area (Å²) in [6.45, 7) is 1.88. The van der Waals surface area contributed by atoms with Crippen molar-refractivity contribution in [3.05, 3.63) is 35.0 Å². The van der Waals surface area contributed by atoms with Crippen LogP contribution in [0.25, 0.3) is 10.9 Å². The molecule has 6 heteroatoms. The largest absolute Gasteiger partial charge is 0.460 e. The molecule has 0 amide bonds. The van der Waals surface area contributed by atoms with E-state index >= 15 is 0 Å². The first-order valence-electron chi connectivity index (χ1n) is 4.91. The average molecular weight is 255 g/mol. The number of carbonyl (C=O) groups is 1. The van der Waals surface area contributed by atoms with Gasteiger partial charge in [-0.2, -0.15) is 0 Å². The molecule has 88 valence electrons. The third kappa shape index (κ3) is 2.34. The van der Waals surface area contributed by atoms with Crippen molar-refractivity contribution in [2.75, 3.05) is 6.61 Å². The molecule has 0 unspecified atom stereocenters. The number of hydrogen-bond donors (Lipinski definition) is 0. The number of nitrogens with zero attached hydrogens (tertiary/aromatic N) is 2. The predicted octanol–water partition coefficient (Wildman–Crippen LogP) is 2.60. The highest BCUT2D eigenvalue weighted by molar-refractivity contribution is 6.34. The molecule has 0 atom stereocenters. The molecule has 1 aromatic heterocycles. The number of benzene rings is 1. The van der Waals surface area contributed by atoms with Gasteiger partial charge in [0, 0.05) is 11.5 Å². The molecule has 1 aromatic carbocycles. The van der Waals surface area contributed by atoms with Crippen LogP contribution in [0, 0.1) is 5.82 Å². The van der Waals surface area contributed by atoms with Gasteiger partial charge in [0.05, 0.1) is 12.1 Å². The Morgan fingerprint density at radius 1 is 1.47 bits per heavy atom. The van der Waals surface area contributed by atoms with Gasteiger partial charge in [-0.3, -0.25) is 0 Å². The minimum absolute atomic E-state index is 0.0954. The second-order valence-electron chi connectivity index (χ2n) is 3.22. The summed E-state index contributed by atoms with van der Waals surface area (Å²) in [5.74, 6) is -1.31. The second-order valence-corrected chi connectivity index (χ2v) is 3.58. The predicted molar refractivity (Wildman–Crippen MR) is 60.5 cm³/mol. The first-order valence-corrected chi connectivity index (χ1v) is 5.29. The fourth-order valence-electron chi connectivity index (χ4n) is 1.35. The first kappa shape index (κ1) is 11.7. The van der Waals surface area contributed by atoms with E-state index < -0.39 is 11.8 Å². The van der Waals surface area contributed by atoms with Gasteiger partial charge in [-0.25, -0.2) is 19.2 Å². The standard InChI is InChI=1S/C11H8ClFN2O2/c1-2-17-11(16)10-14-8-5-6(13)3-4-7(8)9(12)15-10/h3-5H,2H2,1H3. The lowest BCUT2D eigenvalue weighted by molar-refractivity contribution is 0.0512. The number of fused-ring (bicyclic) bond motifs is 1. The molecule has 4 nitrogen and oxygen atoms in total. The van der Waals surface area contributed by atoms with Gasteiger partial charge in [-0.1, -0.05) is 11.6 Å². The minimum Gasteiger partial charge on any atom is -0.460 e.